The number of unbranched alkanes of at least 4 members (excludes halogenated alkanes) is 5. The largest absolute Gasteiger partial charge is 0.469 e. The molecule has 0 saturated heterocycles. The van der Waals surface area contributed by atoms with Crippen LogP contribution in [0.25, 0.3) is 0 Å². The minimum absolute atomic E-state index is 1.04. The van der Waals surface area contributed by atoms with E-state index < -0.39 is 42.1 Å². The highest BCUT2D eigenvalue weighted by Gasteiger charge is 2.54. The van der Waals surface area contributed by atoms with Crippen molar-refractivity contribution < 1.29 is 16.8 Å². The van der Waals surface area contributed by atoms with Crippen LogP contribution in [0.4, 0.5) is 0 Å². The van der Waals surface area contributed by atoms with Crippen LogP contribution < -0.4 is 0 Å². The standard InChI is InChI=1S/C29H70O4Si5/c1-13-35(14-2,15-3)31-38(32-36(16-4,17-5)18-6,33-37(19-7,20-8)21-9)29-27-25-23-22-24-26-28-34(11,12)30-10/h13-29H2,1-12H3. The van der Waals surface area contributed by atoms with Crippen LogP contribution in [0.15, 0.2) is 0 Å². The molecule has 38 heavy (non-hydrogen) atoms. The van der Waals surface area contributed by atoms with Crippen LogP contribution in [-0.2, 0) is 16.8 Å². The molecule has 0 rings (SSSR count). The molecule has 0 N–H and O–H groups in total. The molecule has 0 aliphatic carbocycles. The molecule has 0 spiro atoms. The second-order valence-electron chi connectivity index (χ2n) is 12.3. The third-order valence-electron chi connectivity index (χ3n) is 9.98. The molecule has 0 aliphatic heterocycles. The fraction of sp³-hybridized carbons (Fsp3) is 1.00. The average Bonchev–Trinajstić information content (AvgIpc) is 2.95. The van der Waals surface area contributed by atoms with Crippen LogP contribution in [0.3, 0.4) is 0 Å². The Morgan fingerprint density at radius 1 is 0.395 bits per heavy atom. The molecule has 4 nitrogen and oxygen atoms in total. The van der Waals surface area contributed by atoms with Crippen molar-refractivity contribution >= 4 is 42.1 Å². The summed E-state index contributed by atoms with van der Waals surface area (Å²) in [5.41, 5.74) is 0. The molecule has 0 fully saturated rings. The van der Waals surface area contributed by atoms with E-state index in [0.29, 0.717) is 0 Å². The van der Waals surface area contributed by atoms with E-state index in [2.05, 4.69) is 75.4 Å². The molecule has 0 aromatic heterocycles. The molecule has 0 unspecified atom stereocenters. The van der Waals surface area contributed by atoms with E-state index >= 15 is 0 Å². The van der Waals surface area contributed by atoms with Gasteiger partial charge in [0.25, 0.3) is 0 Å². The lowest BCUT2D eigenvalue weighted by Gasteiger charge is -2.48. The normalized spacial score (nSPS) is 13.9. The molecule has 0 atom stereocenters. The molecule has 0 bridgehead atoms. The Morgan fingerprint density at radius 3 is 0.921 bits per heavy atom. The predicted molar refractivity (Wildman–Crippen MR) is 182 cm³/mol. The zero-order valence-electron chi connectivity index (χ0n) is 28.2. The number of hydrogen-bond acceptors (Lipinski definition) is 4. The van der Waals surface area contributed by atoms with Crippen molar-refractivity contribution in [3.63, 3.8) is 0 Å². The van der Waals surface area contributed by atoms with Gasteiger partial charge in [0.05, 0.1) is 0 Å². The summed E-state index contributed by atoms with van der Waals surface area (Å²) in [6.45, 7) is 25.9. The molecule has 0 saturated carbocycles. The lowest BCUT2D eigenvalue weighted by atomic mass is 10.1. The maximum Gasteiger partial charge on any atom is 0.469 e. The quantitative estimate of drug-likeness (QED) is 0.0749. The molecular weight excluding hydrogens is 553 g/mol. The monoisotopic (exact) mass is 622 g/mol. The first-order valence-electron chi connectivity index (χ1n) is 16.6. The van der Waals surface area contributed by atoms with Crippen LogP contribution in [0.1, 0.15) is 101 Å². The van der Waals surface area contributed by atoms with Gasteiger partial charge in [-0.3, -0.25) is 0 Å². The molecule has 230 valence electrons. The third-order valence-corrected chi connectivity index (χ3v) is 34.1. The Labute approximate surface area is 245 Å². The van der Waals surface area contributed by atoms with Crippen molar-refractivity contribution in [2.75, 3.05) is 7.11 Å². The molecule has 0 radical (unpaired) electrons. The molecule has 0 heterocycles. The van der Waals surface area contributed by atoms with E-state index in [0.717, 1.165) is 6.04 Å². The van der Waals surface area contributed by atoms with Crippen LogP contribution >= 0.6 is 0 Å². The van der Waals surface area contributed by atoms with Crippen molar-refractivity contribution in [3.8, 4) is 0 Å². The van der Waals surface area contributed by atoms with Crippen LogP contribution in [0, 0.1) is 0 Å². The molecule has 9 heteroatoms. The maximum absolute atomic E-state index is 7.58. The minimum atomic E-state index is -2.82. The molecule has 0 aromatic rings. The van der Waals surface area contributed by atoms with E-state index in [-0.39, 0.29) is 0 Å². The van der Waals surface area contributed by atoms with Gasteiger partial charge in [-0.05, 0) is 80.0 Å². The Bertz CT molecular complexity index is 514. The lowest BCUT2D eigenvalue weighted by Crippen LogP contribution is -2.64. The Balaban J connectivity index is 5.95. The second-order valence-corrected chi connectivity index (χ2v) is 34.5. The topological polar surface area (TPSA) is 36.9 Å². The summed E-state index contributed by atoms with van der Waals surface area (Å²) in [7, 11) is -8.01. The molecule has 0 aromatic carbocycles. The van der Waals surface area contributed by atoms with E-state index in [1.165, 1.54) is 99.0 Å². The van der Waals surface area contributed by atoms with Gasteiger partial charge in [0, 0.05) is 13.2 Å². The van der Waals surface area contributed by atoms with E-state index in [1.807, 2.05) is 7.11 Å². The molecule has 0 aliphatic rings. The second kappa shape index (κ2) is 19.2. The van der Waals surface area contributed by atoms with Crippen molar-refractivity contribution in [2.45, 2.75) is 180 Å². The summed E-state index contributed by atoms with van der Waals surface area (Å²) < 4.78 is 28.5. The SMILES string of the molecule is CC[Si](CC)(CC)O[Si](CCCCCCCC[Si](C)(C)OC)(O[Si](CC)(CC)CC)O[Si](CC)(CC)CC. The van der Waals surface area contributed by atoms with Gasteiger partial charge < -0.3 is 16.8 Å². The first-order valence-corrected chi connectivity index (χ1v) is 29.2. The van der Waals surface area contributed by atoms with Crippen molar-refractivity contribution in [1.29, 1.82) is 0 Å². The summed E-state index contributed by atoms with van der Waals surface area (Å²) in [5.74, 6) is 0. The molecular formula is C29H70O4Si5. The summed E-state index contributed by atoms with van der Waals surface area (Å²) >= 11 is 0. The number of rotatable bonds is 25. The van der Waals surface area contributed by atoms with E-state index in [1.54, 1.807) is 0 Å². The van der Waals surface area contributed by atoms with E-state index in [9.17, 15) is 0 Å². The van der Waals surface area contributed by atoms with Crippen molar-refractivity contribution in [1.82, 2.24) is 0 Å². The van der Waals surface area contributed by atoms with Gasteiger partial charge in [-0.25, -0.2) is 0 Å². The average molecular weight is 623 g/mol. The summed E-state index contributed by atoms with van der Waals surface area (Å²) in [6, 6.07) is 12.8. The van der Waals surface area contributed by atoms with Gasteiger partial charge in [-0.2, -0.15) is 0 Å². The first-order chi connectivity index (χ1) is 17.9. The van der Waals surface area contributed by atoms with Gasteiger partial charge in [-0.15, -0.1) is 0 Å². The minimum Gasteiger partial charge on any atom is -0.420 e. The zero-order valence-corrected chi connectivity index (χ0v) is 33.2. The van der Waals surface area contributed by atoms with Gasteiger partial charge >= 0.3 is 8.80 Å². The third kappa shape index (κ3) is 12.4. The Hall–Kier alpha value is 0.924. The highest BCUT2D eigenvalue weighted by molar-refractivity contribution is 6.92. The van der Waals surface area contributed by atoms with Crippen LogP contribution in [0.5, 0.6) is 0 Å². The Morgan fingerprint density at radius 2 is 0.658 bits per heavy atom. The van der Waals surface area contributed by atoms with Gasteiger partial charge in [-0.1, -0.05) is 94.4 Å². The van der Waals surface area contributed by atoms with Gasteiger partial charge in [0.15, 0.2) is 33.3 Å². The first kappa shape index (κ1) is 38.9. The summed E-state index contributed by atoms with van der Waals surface area (Å²) in [4.78, 5) is 0. The number of hydrogen-bond donors (Lipinski definition) is 0. The summed E-state index contributed by atoms with van der Waals surface area (Å²) in [5, 5.41) is 0. The van der Waals surface area contributed by atoms with Gasteiger partial charge in [0.1, 0.15) is 0 Å². The van der Waals surface area contributed by atoms with Crippen LogP contribution in [0.2, 0.25) is 79.6 Å². The van der Waals surface area contributed by atoms with Crippen molar-refractivity contribution in [2.24, 2.45) is 0 Å². The maximum atomic E-state index is 7.58. The van der Waals surface area contributed by atoms with Crippen LogP contribution in [-0.4, -0.2) is 49.2 Å². The lowest BCUT2D eigenvalue weighted by molar-refractivity contribution is 0.237. The highest BCUT2D eigenvalue weighted by Crippen LogP contribution is 2.39. The summed E-state index contributed by atoms with van der Waals surface area (Å²) in [6.07, 6.45) is 7.75. The smallest absolute Gasteiger partial charge is 0.420 e. The van der Waals surface area contributed by atoms with E-state index in [4.69, 9.17) is 16.8 Å². The fourth-order valence-corrected chi connectivity index (χ4v) is 28.3. The Kier molecular flexibility index (Phi) is 19.6. The zero-order chi connectivity index (χ0) is 29.3. The van der Waals surface area contributed by atoms with Crippen molar-refractivity contribution in [3.05, 3.63) is 0 Å². The van der Waals surface area contributed by atoms with Gasteiger partial charge in [0.2, 0.25) is 0 Å². The fourth-order valence-electron chi connectivity index (χ4n) is 5.81. The molecule has 0 amide bonds. The highest BCUT2D eigenvalue weighted by atomic mass is 28.5. The predicted octanol–water partition coefficient (Wildman–Crippen LogP) is 11.2.